The fraction of sp³-hybridized carbons (Fsp3) is 0.273. The number of sulfonamides is 1. The summed E-state index contributed by atoms with van der Waals surface area (Å²) >= 11 is 0. The lowest BCUT2D eigenvalue weighted by molar-refractivity contribution is -0.121. The summed E-state index contributed by atoms with van der Waals surface area (Å²) in [4.78, 5) is 22.2. The van der Waals surface area contributed by atoms with Crippen molar-refractivity contribution in [3.63, 3.8) is 0 Å². The van der Waals surface area contributed by atoms with Crippen molar-refractivity contribution < 1.29 is 23.1 Å². The average molecular weight is 601 g/mol. The summed E-state index contributed by atoms with van der Waals surface area (Å²) < 4.78 is 31.0. The Morgan fingerprint density at radius 1 is 0.977 bits per heavy atom. The maximum Gasteiger partial charge on any atom is 0.230 e. The van der Waals surface area contributed by atoms with Gasteiger partial charge in [0.1, 0.15) is 5.75 Å². The molecule has 5 rings (SSSR count). The quantitative estimate of drug-likeness (QED) is 0.238. The van der Waals surface area contributed by atoms with Crippen LogP contribution in [-0.2, 0) is 21.4 Å². The maximum atomic E-state index is 13.5. The maximum absolute atomic E-state index is 13.5. The number of carbonyl (C=O) groups excluding carboxylic acids is 1. The molecule has 0 unspecified atom stereocenters. The number of ether oxygens (including phenoxy) is 1. The Balaban J connectivity index is 1.16. The van der Waals surface area contributed by atoms with Crippen LogP contribution in [0.4, 0.5) is 11.4 Å². The monoisotopic (exact) mass is 600 g/mol. The molecule has 1 fully saturated rings. The van der Waals surface area contributed by atoms with Crippen LogP contribution in [0.15, 0.2) is 103 Å². The van der Waals surface area contributed by atoms with E-state index in [4.69, 9.17) is 4.74 Å². The Labute approximate surface area is 252 Å². The number of likely N-dealkylation sites (tertiary alicyclic amines) is 1. The molecule has 224 valence electrons. The van der Waals surface area contributed by atoms with E-state index in [0.717, 1.165) is 55.5 Å². The van der Waals surface area contributed by atoms with Crippen LogP contribution in [0.25, 0.3) is 0 Å². The number of hydrogen-bond acceptors (Lipinski definition) is 7. The molecule has 1 amide bonds. The molecule has 1 aliphatic heterocycles. The van der Waals surface area contributed by atoms with Gasteiger partial charge in [0.05, 0.1) is 18.8 Å². The summed E-state index contributed by atoms with van der Waals surface area (Å²) in [6.45, 7) is 2.39. The first-order valence-corrected chi connectivity index (χ1v) is 16.2. The van der Waals surface area contributed by atoms with E-state index in [0.29, 0.717) is 17.3 Å². The molecule has 0 radical (unpaired) electrons. The molecule has 0 aliphatic carbocycles. The van der Waals surface area contributed by atoms with Crippen LogP contribution < -0.4 is 14.4 Å². The third-order valence-electron chi connectivity index (χ3n) is 7.36. The number of piperidine rings is 1. The fourth-order valence-electron chi connectivity index (χ4n) is 5.29. The number of carbonyl (C=O) groups is 1. The minimum absolute atomic E-state index is 0.0287. The summed E-state index contributed by atoms with van der Waals surface area (Å²) in [6, 6.07) is 29.5. The minimum atomic E-state index is -3.34. The highest BCUT2D eigenvalue weighted by Gasteiger charge is 2.30. The van der Waals surface area contributed by atoms with Crippen LogP contribution in [0.2, 0.25) is 0 Å². The van der Waals surface area contributed by atoms with Gasteiger partial charge in [0.2, 0.25) is 21.8 Å². The van der Waals surface area contributed by atoms with E-state index >= 15 is 0 Å². The number of benzene rings is 3. The summed E-state index contributed by atoms with van der Waals surface area (Å²) in [5.41, 5.74) is 3.11. The highest BCUT2D eigenvalue weighted by Crippen LogP contribution is 2.28. The fourth-order valence-corrected chi connectivity index (χ4v) is 5.85. The number of hydrogen-bond donors (Lipinski definition) is 2. The van der Waals surface area contributed by atoms with E-state index in [-0.39, 0.29) is 18.4 Å². The van der Waals surface area contributed by atoms with E-state index in [1.54, 1.807) is 30.5 Å². The van der Waals surface area contributed by atoms with Crippen molar-refractivity contribution in [3.8, 4) is 11.6 Å². The first-order valence-electron chi connectivity index (χ1n) is 14.3. The Bertz CT molecular complexity index is 1580. The average Bonchev–Trinajstić information content (AvgIpc) is 3.00. The molecule has 9 nitrogen and oxygen atoms in total. The molecular formula is C33H36N4O5S. The number of aliphatic hydroxyl groups excluding tert-OH is 1. The Morgan fingerprint density at radius 2 is 1.63 bits per heavy atom. The smallest absolute Gasteiger partial charge is 0.230 e. The number of para-hydroxylation sites is 1. The van der Waals surface area contributed by atoms with Gasteiger partial charge in [0, 0.05) is 49.3 Å². The van der Waals surface area contributed by atoms with Crippen molar-refractivity contribution in [1.82, 2.24) is 9.88 Å². The molecule has 0 bridgehead atoms. The number of aromatic nitrogens is 1. The number of nitrogens with zero attached hydrogens (tertiary/aromatic N) is 3. The van der Waals surface area contributed by atoms with Gasteiger partial charge in [-0.15, -0.1) is 0 Å². The molecule has 1 atom stereocenters. The molecule has 10 heteroatoms. The zero-order valence-electron chi connectivity index (χ0n) is 24.0. The Morgan fingerprint density at radius 3 is 2.23 bits per heavy atom. The molecule has 0 spiro atoms. The van der Waals surface area contributed by atoms with E-state index < -0.39 is 16.1 Å². The highest BCUT2D eigenvalue weighted by molar-refractivity contribution is 7.92. The third kappa shape index (κ3) is 8.63. The number of rotatable bonds is 11. The minimum Gasteiger partial charge on any atom is -0.439 e. The van der Waals surface area contributed by atoms with Crippen LogP contribution in [0, 0.1) is 0 Å². The summed E-state index contributed by atoms with van der Waals surface area (Å²) in [5.74, 6) is 0.915. The Hall–Kier alpha value is -4.25. The first kappa shape index (κ1) is 30.2. The number of aliphatic hydroxyl groups is 1. The second-order valence-electron chi connectivity index (χ2n) is 10.7. The van der Waals surface area contributed by atoms with Crippen molar-refractivity contribution >= 4 is 27.3 Å². The molecule has 2 heterocycles. The summed E-state index contributed by atoms with van der Waals surface area (Å²) in [6.07, 6.45) is 3.72. The van der Waals surface area contributed by atoms with E-state index in [1.165, 1.54) is 0 Å². The van der Waals surface area contributed by atoms with Gasteiger partial charge in [0.25, 0.3) is 0 Å². The molecule has 2 N–H and O–H groups in total. The molecule has 4 aromatic rings. The van der Waals surface area contributed by atoms with Crippen molar-refractivity contribution in [1.29, 1.82) is 0 Å². The van der Waals surface area contributed by atoms with Gasteiger partial charge in [-0.2, -0.15) is 0 Å². The lowest BCUT2D eigenvalue weighted by Gasteiger charge is -2.39. The van der Waals surface area contributed by atoms with Crippen molar-refractivity contribution in [2.45, 2.75) is 38.0 Å². The van der Waals surface area contributed by atoms with Crippen molar-refractivity contribution in [2.24, 2.45) is 0 Å². The molecule has 1 saturated heterocycles. The predicted molar refractivity (Wildman–Crippen MR) is 167 cm³/mol. The molecule has 43 heavy (non-hydrogen) atoms. The largest absolute Gasteiger partial charge is 0.439 e. The van der Waals surface area contributed by atoms with Crippen molar-refractivity contribution in [2.75, 3.05) is 29.0 Å². The number of anilines is 2. The first-order chi connectivity index (χ1) is 20.7. The predicted octanol–water partition coefficient (Wildman–Crippen LogP) is 5.37. The van der Waals surface area contributed by atoms with Gasteiger partial charge < -0.3 is 14.7 Å². The number of pyridine rings is 1. The van der Waals surface area contributed by atoms with E-state index in [2.05, 4.69) is 14.6 Å². The van der Waals surface area contributed by atoms with Crippen LogP contribution >= 0.6 is 0 Å². The molecule has 3 aromatic carbocycles. The number of nitrogens with one attached hydrogen (secondary N) is 1. The van der Waals surface area contributed by atoms with Gasteiger partial charge >= 0.3 is 0 Å². The Kier molecular flexibility index (Phi) is 9.71. The molecule has 0 saturated carbocycles. The molecule has 1 aliphatic rings. The van der Waals surface area contributed by atoms with Gasteiger partial charge in [0.15, 0.2) is 0 Å². The zero-order valence-corrected chi connectivity index (χ0v) is 24.9. The van der Waals surface area contributed by atoms with Crippen LogP contribution in [-0.4, -0.2) is 54.7 Å². The topological polar surface area (TPSA) is 112 Å². The van der Waals surface area contributed by atoms with Gasteiger partial charge in [-0.1, -0.05) is 54.6 Å². The summed E-state index contributed by atoms with van der Waals surface area (Å²) in [7, 11) is -3.34. The number of amides is 1. The lowest BCUT2D eigenvalue weighted by Crippen LogP contribution is -2.47. The van der Waals surface area contributed by atoms with Crippen LogP contribution in [0.5, 0.6) is 11.6 Å². The van der Waals surface area contributed by atoms with Gasteiger partial charge in [-0.05, 0) is 60.4 Å². The normalized spacial score (nSPS) is 15.0. The molecule has 1 aromatic heterocycles. The van der Waals surface area contributed by atoms with Gasteiger partial charge in [-0.25, -0.2) is 13.4 Å². The zero-order chi connectivity index (χ0) is 30.2. The highest BCUT2D eigenvalue weighted by atomic mass is 32.2. The van der Waals surface area contributed by atoms with Crippen LogP contribution in [0.3, 0.4) is 0 Å². The van der Waals surface area contributed by atoms with Gasteiger partial charge in [-0.3, -0.25) is 14.4 Å². The van der Waals surface area contributed by atoms with E-state index in [1.807, 2.05) is 77.7 Å². The third-order valence-corrected chi connectivity index (χ3v) is 7.97. The van der Waals surface area contributed by atoms with Crippen LogP contribution in [0.1, 0.15) is 36.5 Å². The standard InChI is InChI=1S/C33H36N4O5S/c1-43(40,41)35-27-13-15-30(16-14-27)42-32-17-12-25(23-34-32)24-36-20-18-29(19-21-36)37(28-10-6-3-7-11-28)33(39)22-31(38)26-8-4-2-5-9-26/h2-17,23,29,31,35,38H,18-22,24H2,1H3/t31-/m0/s1. The lowest BCUT2D eigenvalue weighted by atomic mass is 9.99. The molecular weight excluding hydrogens is 564 g/mol. The second kappa shape index (κ2) is 13.8. The second-order valence-corrected chi connectivity index (χ2v) is 12.5. The summed E-state index contributed by atoms with van der Waals surface area (Å²) in [5, 5.41) is 10.7. The van der Waals surface area contributed by atoms with Crippen molar-refractivity contribution in [3.05, 3.63) is 114 Å². The SMILES string of the molecule is CS(=O)(=O)Nc1ccc(Oc2ccc(CN3CCC(N(C(=O)C[C@H](O)c4ccccc4)c4ccccc4)CC3)cn2)cc1. The van der Waals surface area contributed by atoms with E-state index in [9.17, 15) is 18.3 Å².